The molecule has 0 unspecified atom stereocenters. The molecule has 0 aliphatic carbocycles. The molecule has 0 aromatic heterocycles. The van der Waals surface area contributed by atoms with Gasteiger partial charge in [0.1, 0.15) is 6.04 Å². The number of likely N-dealkylation sites (tertiary alicyclic amines) is 1. The number of hydrogen-bond donors (Lipinski definition) is 2. The summed E-state index contributed by atoms with van der Waals surface area (Å²) < 4.78 is 0. The van der Waals surface area contributed by atoms with E-state index in [2.05, 4.69) is 0 Å². The predicted octanol–water partition coefficient (Wildman–Crippen LogP) is 0.0154. The number of amides is 2. The molecule has 0 spiro atoms. The van der Waals surface area contributed by atoms with E-state index < -0.39 is 11.9 Å². The highest BCUT2D eigenvalue weighted by Gasteiger charge is 2.31. The number of primary amides is 1. The third-order valence-electron chi connectivity index (χ3n) is 2.95. The molecule has 1 aliphatic rings. The van der Waals surface area contributed by atoms with E-state index in [1.165, 1.54) is 0 Å². The number of unbranched alkanes of at least 4 members (excludes halogenated alkanes) is 2. The van der Waals surface area contributed by atoms with Gasteiger partial charge in [-0.1, -0.05) is 6.42 Å². The zero-order valence-corrected chi connectivity index (χ0v) is 9.52. The fourth-order valence-electron chi connectivity index (χ4n) is 2.07. The van der Waals surface area contributed by atoms with Gasteiger partial charge in [0.05, 0.1) is 0 Å². The Hall–Kier alpha value is -1.10. The number of carbonyl (C=O) groups excluding carboxylic acids is 2. The maximum absolute atomic E-state index is 11.8. The van der Waals surface area contributed by atoms with Gasteiger partial charge in [0.2, 0.25) is 11.8 Å². The van der Waals surface area contributed by atoms with E-state index in [-0.39, 0.29) is 12.5 Å². The molecule has 0 aromatic rings. The maximum Gasteiger partial charge on any atom is 0.240 e. The number of rotatable bonds is 6. The van der Waals surface area contributed by atoms with Gasteiger partial charge in [-0.25, -0.2) is 0 Å². The van der Waals surface area contributed by atoms with Crippen LogP contribution in [0.15, 0.2) is 0 Å². The Morgan fingerprint density at radius 1 is 1.31 bits per heavy atom. The predicted molar refractivity (Wildman–Crippen MR) is 59.5 cm³/mol. The largest absolute Gasteiger partial charge is 0.396 e. The molecule has 1 aliphatic heterocycles. The number of nitrogens with zero attached hydrogens (tertiary/aromatic N) is 1. The number of aliphatic hydroxyl groups is 1. The summed E-state index contributed by atoms with van der Waals surface area (Å²) in [5, 5.41) is 8.60. The second-order valence-electron chi connectivity index (χ2n) is 4.18. The Bertz CT molecular complexity index is 256. The van der Waals surface area contributed by atoms with Crippen molar-refractivity contribution in [3.05, 3.63) is 0 Å². The molecule has 0 aromatic carbocycles. The Kier molecular flexibility index (Phi) is 5.25. The Morgan fingerprint density at radius 2 is 2.06 bits per heavy atom. The number of carbonyl (C=O) groups is 2. The second kappa shape index (κ2) is 6.48. The standard InChI is InChI=1S/C11H20N2O3/c12-11(16)9-5-4-7-13(9)10(15)6-2-1-3-8-14/h9,14H,1-8H2,(H2,12,16)/t9-/m0/s1. The minimum absolute atomic E-state index is 0.0132. The van der Waals surface area contributed by atoms with Crippen LogP contribution in [-0.2, 0) is 9.59 Å². The Morgan fingerprint density at radius 3 is 2.69 bits per heavy atom. The van der Waals surface area contributed by atoms with E-state index >= 15 is 0 Å². The fraction of sp³-hybridized carbons (Fsp3) is 0.818. The normalized spacial score (nSPS) is 20.1. The van der Waals surface area contributed by atoms with E-state index in [0.717, 1.165) is 25.7 Å². The molecule has 1 saturated heterocycles. The first-order valence-electron chi connectivity index (χ1n) is 5.86. The molecule has 16 heavy (non-hydrogen) atoms. The van der Waals surface area contributed by atoms with Gasteiger partial charge in [-0.05, 0) is 25.7 Å². The second-order valence-corrected chi connectivity index (χ2v) is 4.18. The van der Waals surface area contributed by atoms with Crippen molar-refractivity contribution in [3.63, 3.8) is 0 Å². The van der Waals surface area contributed by atoms with E-state index in [0.29, 0.717) is 19.4 Å². The van der Waals surface area contributed by atoms with Crippen LogP contribution in [0.5, 0.6) is 0 Å². The summed E-state index contributed by atoms with van der Waals surface area (Å²) in [5.74, 6) is -0.388. The van der Waals surface area contributed by atoms with Crippen LogP contribution >= 0.6 is 0 Å². The van der Waals surface area contributed by atoms with Gasteiger partial charge in [0.15, 0.2) is 0 Å². The molecule has 5 heteroatoms. The minimum atomic E-state index is -0.402. The van der Waals surface area contributed by atoms with Gasteiger partial charge in [-0.15, -0.1) is 0 Å². The molecule has 0 bridgehead atoms. The van der Waals surface area contributed by atoms with Crippen molar-refractivity contribution < 1.29 is 14.7 Å². The summed E-state index contributed by atoms with van der Waals surface area (Å²) in [6, 6.07) is -0.398. The summed E-state index contributed by atoms with van der Waals surface area (Å²) >= 11 is 0. The molecule has 1 fully saturated rings. The summed E-state index contributed by atoms with van der Waals surface area (Å²) in [6.07, 6.45) is 4.34. The van der Waals surface area contributed by atoms with Crippen LogP contribution in [0.3, 0.4) is 0 Å². The van der Waals surface area contributed by atoms with Crippen LogP contribution in [0.4, 0.5) is 0 Å². The van der Waals surface area contributed by atoms with Crippen molar-refractivity contribution in [3.8, 4) is 0 Å². The number of nitrogens with two attached hydrogens (primary N) is 1. The Labute approximate surface area is 95.6 Å². The highest BCUT2D eigenvalue weighted by atomic mass is 16.3. The summed E-state index contributed by atoms with van der Waals surface area (Å²) in [6.45, 7) is 0.814. The average molecular weight is 228 g/mol. The third-order valence-corrected chi connectivity index (χ3v) is 2.95. The van der Waals surface area contributed by atoms with Crippen molar-refractivity contribution in [2.24, 2.45) is 5.73 Å². The Balaban J connectivity index is 2.32. The smallest absolute Gasteiger partial charge is 0.240 e. The van der Waals surface area contributed by atoms with Gasteiger partial charge >= 0.3 is 0 Å². The lowest BCUT2D eigenvalue weighted by Crippen LogP contribution is -2.43. The van der Waals surface area contributed by atoms with Gasteiger partial charge in [-0.3, -0.25) is 9.59 Å². The summed E-state index contributed by atoms with van der Waals surface area (Å²) in [5.41, 5.74) is 5.24. The lowest BCUT2D eigenvalue weighted by Gasteiger charge is -2.22. The van der Waals surface area contributed by atoms with Crippen molar-refractivity contribution in [2.45, 2.75) is 44.6 Å². The first-order valence-corrected chi connectivity index (χ1v) is 5.86. The van der Waals surface area contributed by atoms with Crippen LogP contribution in [0.2, 0.25) is 0 Å². The zero-order valence-electron chi connectivity index (χ0n) is 9.52. The average Bonchev–Trinajstić information content (AvgIpc) is 2.73. The SMILES string of the molecule is NC(=O)[C@@H]1CCCN1C(=O)CCCCCO. The van der Waals surface area contributed by atoms with E-state index in [9.17, 15) is 9.59 Å². The monoisotopic (exact) mass is 228 g/mol. The van der Waals surface area contributed by atoms with Crippen molar-refractivity contribution in [1.82, 2.24) is 4.90 Å². The van der Waals surface area contributed by atoms with E-state index in [1.54, 1.807) is 4.90 Å². The number of aliphatic hydroxyl groups excluding tert-OH is 1. The molecule has 0 radical (unpaired) electrons. The highest BCUT2D eigenvalue weighted by molar-refractivity contribution is 5.87. The van der Waals surface area contributed by atoms with Gasteiger partial charge in [-0.2, -0.15) is 0 Å². The first kappa shape index (κ1) is 13.0. The van der Waals surface area contributed by atoms with Gasteiger partial charge in [0.25, 0.3) is 0 Å². The zero-order chi connectivity index (χ0) is 12.0. The summed E-state index contributed by atoms with van der Waals surface area (Å²) in [7, 11) is 0. The van der Waals surface area contributed by atoms with E-state index in [1.807, 2.05) is 0 Å². The third kappa shape index (κ3) is 3.48. The molecule has 0 saturated carbocycles. The van der Waals surface area contributed by atoms with Crippen LogP contribution in [0, 0.1) is 0 Å². The molecule has 5 nitrogen and oxygen atoms in total. The molecule has 2 amide bonds. The van der Waals surface area contributed by atoms with Crippen molar-refractivity contribution >= 4 is 11.8 Å². The first-order chi connectivity index (χ1) is 7.66. The van der Waals surface area contributed by atoms with Crippen LogP contribution in [0.1, 0.15) is 38.5 Å². The number of hydrogen-bond acceptors (Lipinski definition) is 3. The molecule has 1 atom stereocenters. The molecule has 1 rings (SSSR count). The molecule has 92 valence electrons. The molecular weight excluding hydrogens is 208 g/mol. The summed E-state index contributed by atoms with van der Waals surface area (Å²) in [4.78, 5) is 24.5. The lowest BCUT2D eigenvalue weighted by molar-refractivity contribution is -0.137. The topological polar surface area (TPSA) is 83.6 Å². The van der Waals surface area contributed by atoms with E-state index in [4.69, 9.17) is 10.8 Å². The lowest BCUT2D eigenvalue weighted by atomic mass is 10.1. The molecular formula is C11H20N2O3. The highest BCUT2D eigenvalue weighted by Crippen LogP contribution is 2.18. The van der Waals surface area contributed by atoms with Crippen LogP contribution < -0.4 is 5.73 Å². The van der Waals surface area contributed by atoms with Crippen LogP contribution in [-0.4, -0.2) is 41.0 Å². The minimum Gasteiger partial charge on any atom is -0.396 e. The molecule has 1 heterocycles. The molecule has 3 N–H and O–H groups in total. The quantitative estimate of drug-likeness (QED) is 0.628. The fourth-order valence-corrected chi connectivity index (χ4v) is 2.07. The van der Waals surface area contributed by atoms with Crippen molar-refractivity contribution in [2.75, 3.05) is 13.2 Å². The van der Waals surface area contributed by atoms with Crippen LogP contribution in [0.25, 0.3) is 0 Å². The van der Waals surface area contributed by atoms with Gasteiger partial charge < -0.3 is 15.7 Å². The maximum atomic E-state index is 11.8. The van der Waals surface area contributed by atoms with Crippen molar-refractivity contribution in [1.29, 1.82) is 0 Å². The van der Waals surface area contributed by atoms with Gasteiger partial charge in [0, 0.05) is 19.6 Å².